The van der Waals surface area contributed by atoms with E-state index >= 15 is 0 Å². The number of nitrogens with one attached hydrogen (secondary N) is 1. The number of amides is 1. The lowest BCUT2D eigenvalue weighted by atomic mass is 10.2. The topological polar surface area (TPSA) is 78.3 Å². The summed E-state index contributed by atoms with van der Waals surface area (Å²) in [7, 11) is 0. The number of anilines is 1. The van der Waals surface area contributed by atoms with E-state index < -0.39 is 0 Å². The van der Waals surface area contributed by atoms with Crippen molar-refractivity contribution in [3.8, 4) is 11.5 Å². The van der Waals surface area contributed by atoms with Gasteiger partial charge in [-0.3, -0.25) is 4.79 Å². The minimum Gasteiger partial charge on any atom is -0.454 e. The normalized spacial score (nSPS) is 16.7. The van der Waals surface area contributed by atoms with Gasteiger partial charge in [-0.15, -0.1) is 10.2 Å². The van der Waals surface area contributed by atoms with Crippen LogP contribution in [0.5, 0.6) is 11.5 Å². The number of hydrogen-bond acceptors (Lipinski definition) is 6. The Labute approximate surface area is 150 Å². The van der Waals surface area contributed by atoms with Gasteiger partial charge in [0.2, 0.25) is 12.7 Å². The summed E-state index contributed by atoms with van der Waals surface area (Å²) in [6.45, 7) is 4.99. The zero-order chi connectivity index (χ0) is 17.4. The van der Waals surface area contributed by atoms with E-state index in [9.17, 15) is 4.79 Å². The first-order valence-corrected chi connectivity index (χ1v) is 9.34. The number of fused-ring (bicyclic) bond motifs is 1. The molecule has 7 nitrogen and oxygen atoms in total. The Morgan fingerprint density at radius 3 is 2.92 bits per heavy atom. The van der Waals surface area contributed by atoms with Crippen LogP contribution >= 0.6 is 11.8 Å². The summed E-state index contributed by atoms with van der Waals surface area (Å²) in [4.78, 5) is 12.5. The molecule has 0 radical (unpaired) electrons. The molecule has 8 heteroatoms. The highest BCUT2D eigenvalue weighted by atomic mass is 32.2. The molecule has 1 N–H and O–H groups in total. The average Bonchev–Trinajstić information content (AvgIpc) is 3.21. The van der Waals surface area contributed by atoms with Gasteiger partial charge in [-0.2, -0.15) is 0 Å². The van der Waals surface area contributed by atoms with Gasteiger partial charge < -0.3 is 19.4 Å². The molecule has 1 aromatic heterocycles. The summed E-state index contributed by atoms with van der Waals surface area (Å²) in [6, 6.07) is 5.38. The number of rotatable bonds is 6. The van der Waals surface area contributed by atoms with Crippen molar-refractivity contribution < 1.29 is 14.3 Å². The summed E-state index contributed by atoms with van der Waals surface area (Å²) in [5.41, 5.74) is 0.692. The number of ether oxygens (including phenoxy) is 2. The highest BCUT2D eigenvalue weighted by molar-refractivity contribution is 8.00. The molecule has 132 valence electrons. The van der Waals surface area contributed by atoms with Gasteiger partial charge in [0.1, 0.15) is 5.82 Å². The first kappa shape index (κ1) is 16.3. The molecule has 4 rings (SSSR count). The number of hydrogen-bond donors (Lipinski definition) is 1. The van der Waals surface area contributed by atoms with Crippen LogP contribution in [-0.4, -0.2) is 32.7 Å². The molecule has 2 aliphatic rings. The Morgan fingerprint density at radius 1 is 1.36 bits per heavy atom. The van der Waals surface area contributed by atoms with Crippen LogP contribution in [-0.2, 0) is 11.3 Å². The van der Waals surface area contributed by atoms with Gasteiger partial charge in [-0.05, 0) is 38.8 Å². The number of nitrogens with zero attached hydrogens (tertiary/aromatic N) is 3. The Balaban J connectivity index is 1.42. The maximum Gasteiger partial charge on any atom is 0.237 e. The van der Waals surface area contributed by atoms with E-state index in [-0.39, 0.29) is 18.0 Å². The lowest BCUT2D eigenvalue weighted by Crippen LogP contribution is -2.23. The van der Waals surface area contributed by atoms with Gasteiger partial charge in [0.25, 0.3) is 0 Å². The van der Waals surface area contributed by atoms with E-state index in [4.69, 9.17) is 9.47 Å². The fourth-order valence-corrected chi connectivity index (χ4v) is 3.68. The Hall–Kier alpha value is -2.22. The summed E-state index contributed by atoms with van der Waals surface area (Å²) in [6.07, 6.45) is 2.37. The van der Waals surface area contributed by atoms with Crippen molar-refractivity contribution in [3.05, 3.63) is 24.0 Å². The van der Waals surface area contributed by atoms with Gasteiger partial charge in [-0.25, -0.2) is 0 Å². The Kier molecular flexibility index (Phi) is 4.29. The number of carbonyl (C=O) groups excluding carboxylic acids is 1. The zero-order valence-electron chi connectivity index (χ0n) is 14.2. The third-order valence-electron chi connectivity index (χ3n) is 4.30. The fourth-order valence-electron chi connectivity index (χ4n) is 2.76. The molecule has 0 spiro atoms. The van der Waals surface area contributed by atoms with Crippen molar-refractivity contribution >= 4 is 23.4 Å². The summed E-state index contributed by atoms with van der Waals surface area (Å²) < 4.78 is 12.7. The molecule has 1 unspecified atom stereocenters. The maximum atomic E-state index is 12.5. The third-order valence-corrected chi connectivity index (χ3v) is 5.38. The van der Waals surface area contributed by atoms with Crippen molar-refractivity contribution in [3.63, 3.8) is 0 Å². The second-order valence-corrected chi connectivity index (χ2v) is 7.48. The van der Waals surface area contributed by atoms with Gasteiger partial charge in [0.15, 0.2) is 16.7 Å². The van der Waals surface area contributed by atoms with E-state index in [1.54, 1.807) is 12.1 Å². The summed E-state index contributed by atoms with van der Waals surface area (Å²) in [5, 5.41) is 12.0. The van der Waals surface area contributed by atoms with Gasteiger partial charge in [-0.1, -0.05) is 11.8 Å². The molecular formula is C17H20N4O3S. The quantitative estimate of drug-likeness (QED) is 0.798. The van der Waals surface area contributed by atoms with Crippen molar-refractivity contribution in [2.75, 3.05) is 12.1 Å². The zero-order valence-corrected chi connectivity index (χ0v) is 15.0. The number of aromatic nitrogens is 3. The average molecular weight is 360 g/mol. The molecule has 0 saturated heterocycles. The van der Waals surface area contributed by atoms with Crippen LogP contribution in [0, 0.1) is 0 Å². The minimum absolute atomic E-state index is 0.0810. The highest BCUT2D eigenvalue weighted by Crippen LogP contribution is 2.40. The van der Waals surface area contributed by atoms with Crippen LogP contribution in [0.2, 0.25) is 0 Å². The minimum atomic E-state index is -0.285. The van der Waals surface area contributed by atoms with Crippen LogP contribution < -0.4 is 14.8 Å². The van der Waals surface area contributed by atoms with Gasteiger partial charge >= 0.3 is 0 Å². The van der Waals surface area contributed by atoms with Crippen molar-refractivity contribution in [2.45, 2.75) is 49.6 Å². The molecule has 1 aliphatic heterocycles. The molecule has 0 bridgehead atoms. The van der Waals surface area contributed by atoms with E-state index in [1.807, 2.05) is 13.0 Å². The molecule has 2 heterocycles. The molecule has 1 atom stereocenters. The first-order chi connectivity index (χ1) is 12.2. The largest absolute Gasteiger partial charge is 0.454 e. The van der Waals surface area contributed by atoms with Crippen LogP contribution in [0.25, 0.3) is 0 Å². The molecular weight excluding hydrogens is 340 g/mol. The SMILES string of the molecule is CCn1c(SC(C)C(=O)Nc2ccc3c(c2)OCO3)nnc1C1CC1. The van der Waals surface area contributed by atoms with Crippen LogP contribution in [0.15, 0.2) is 23.4 Å². The first-order valence-electron chi connectivity index (χ1n) is 8.46. The van der Waals surface area contributed by atoms with E-state index in [2.05, 4.69) is 27.0 Å². The molecule has 25 heavy (non-hydrogen) atoms. The van der Waals surface area contributed by atoms with Gasteiger partial charge in [0, 0.05) is 24.2 Å². The predicted molar refractivity (Wildman–Crippen MR) is 94.2 cm³/mol. The van der Waals surface area contributed by atoms with Crippen molar-refractivity contribution in [1.29, 1.82) is 0 Å². The van der Waals surface area contributed by atoms with Crippen molar-refractivity contribution in [2.24, 2.45) is 0 Å². The molecule has 1 amide bonds. The van der Waals surface area contributed by atoms with Crippen LogP contribution in [0.4, 0.5) is 5.69 Å². The van der Waals surface area contributed by atoms with Crippen LogP contribution in [0.3, 0.4) is 0 Å². The fraction of sp³-hybridized carbons (Fsp3) is 0.471. The van der Waals surface area contributed by atoms with E-state index in [0.717, 1.165) is 17.5 Å². The van der Waals surface area contributed by atoms with E-state index in [0.29, 0.717) is 23.1 Å². The molecule has 1 aromatic carbocycles. The smallest absolute Gasteiger partial charge is 0.237 e. The second-order valence-electron chi connectivity index (χ2n) is 6.18. The number of thioether (sulfide) groups is 1. The Morgan fingerprint density at radius 2 is 2.16 bits per heavy atom. The van der Waals surface area contributed by atoms with E-state index in [1.165, 1.54) is 24.6 Å². The molecule has 1 fully saturated rings. The second kappa shape index (κ2) is 6.59. The van der Waals surface area contributed by atoms with Crippen molar-refractivity contribution in [1.82, 2.24) is 14.8 Å². The number of carbonyl (C=O) groups is 1. The molecule has 2 aromatic rings. The standard InChI is InChI=1S/C17H20N4O3S/c1-3-21-15(11-4-5-11)19-20-17(21)25-10(2)16(22)18-12-6-7-13-14(8-12)24-9-23-13/h6-8,10-11H,3-5,9H2,1-2H3,(H,18,22). The predicted octanol–water partition coefficient (Wildman–Crippen LogP) is 3.02. The number of benzene rings is 1. The van der Waals surface area contributed by atoms with Gasteiger partial charge in [0.05, 0.1) is 5.25 Å². The van der Waals surface area contributed by atoms with Crippen LogP contribution in [0.1, 0.15) is 38.4 Å². The lowest BCUT2D eigenvalue weighted by molar-refractivity contribution is -0.115. The highest BCUT2D eigenvalue weighted by Gasteiger charge is 2.30. The summed E-state index contributed by atoms with van der Waals surface area (Å²) >= 11 is 1.43. The third kappa shape index (κ3) is 3.30. The lowest BCUT2D eigenvalue weighted by Gasteiger charge is -2.13. The summed E-state index contributed by atoms with van der Waals surface area (Å²) in [5.74, 6) is 2.86. The molecule has 1 saturated carbocycles. The maximum absolute atomic E-state index is 12.5. The Bertz CT molecular complexity index is 803. The monoisotopic (exact) mass is 360 g/mol. The molecule has 1 aliphatic carbocycles.